The van der Waals surface area contributed by atoms with Crippen LogP contribution in [0.5, 0.6) is 0 Å². The lowest BCUT2D eigenvalue weighted by atomic mass is 9.95. The maximum atomic E-state index is 12.2. The molecule has 3 atom stereocenters. The number of hydrogen-bond donors (Lipinski definition) is 2. The van der Waals surface area contributed by atoms with Gasteiger partial charge in [0.05, 0.1) is 6.54 Å². The van der Waals surface area contributed by atoms with Crippen molar-refractivity contribution in [1.29, 1.82) is 0 Å². The third-order valence-electron chi connectivity index (χ3n) is 5.46. The first-order valence-electron chi connectivity index (χ1n) is 8.86. The molecule has 0 aliphatic heterocycles. The van der Waals surface area contributed by atoms with E-state index in [9.17, 15) is 4.79 Å². The number of benzene rings is 1. The van der Waals surface area contributed by atoms with Crippen LogP contribution in [-0.4, -0.2) is 21.6 Å². The number of amides is 2. The van der Waals surface area contributed by atoms with Crippen LogP contribution in [0.15, 0.2) is 42.7 Å². The van der Waals surface area contributed by atoms with Crippen LogP contribution in [0.4, 0.5) is 4.79 Å². The number of nitrogens with one attached hydrogen (secondary N) is 2. The van der Waals surface area contributed by atoms with Gasteiger partial charge in [0.1, 0.15) is 5.82 Å². The van der Waals surface area contributed by atoms with Crippen molar-refractivity contribution in [3.63, 3.8) is 0 Å². The van der Waals surface area contributed by atoms with Gasteiger partial charge in [-0.25, -0.2) is 9.78 Å². The van der Waals surface area contributed by atoms with E-state index in [1.165, 1.54) is 24.8 Å². The van der Waals surface area contributed by atoms with Gasteiger partial charge < -0.3 is 15.2 Å². The van der Waals surface area contributed by atoms with E-state index in [0.29, 0.717) is 18.5 Å². The molecule has 126 valence electrons. The van der Waals surface area contributed by atoms with E-state index < -0.39 is 0 Å². The Labute approximate surface area is 142 Å². The van der Waals surface area contributed by atoms with Crippen LogP contribution in [0.1, 0.15) is 37.1 Å². The molecule has 0 saturated heterocycles. The Morgan fingerprint density at radius 3 is 2.83 bits per heavy atom. The van der Waals surface area contributed by atoms with Gasteiger partial charge in [-0.05, 0) is 36.7 Å². The van der Waals surface area contributed by atoms with Gasteiger partial charge >= 0.3 is 6.03 Å². The van der Waals surface area contributed by atoms with Gasteiger partial charge in [0.15, 0.2) is 0 Å². The SMILES string of the molecule is O=C(NCc1nccn1Cc1ccccc1)NC1CC2CCC1C2. The van der Waals surface area contributed by atoms with E-state index in [0.717, 1.165) is 24.7 Å². The van der Waals surface area contributed by atoms with Crippen molar-refractivity contribution in [2.24, 2.45) is 11.8 Å². The highest BCUT2D eigenvalue weighted by atomic mass is 16.2. The summed E-state index contributed by atoms with van der Waals surface area (Å²) in [6.07, 6.45) is 8.82. The molecule has 3 unspecified atom stereocenters. The molecule has 0 spiro atoms. The molecule has 2 saturated carbocycles. The van der Waals surface area contributed by atoms with Gasteiger partial charge in [0.25, 0.3) is 0 Å². The molecule has 2 aromatic rings. The summed E-state index contributed by atoms with van der Waals surface area (Å²) in [4.78, 5) is 16.6. The van der Waals surface area contributed by atoms with Crippen molar-refractivity contribution >= 4 is 6.03 Å². The van der Waals surface area contributed by atoms with Crippen molar-refractivity contribution in [3.8, 4) is 0 Å². The third-order valence-corrected chi connectivity index (χ3v) is 5.46. The van der Waals surface area contributed by atoms with E-state index in [1.807, 2.05) is 24.4 Å². The van der Waals surface area contributed by atoms with Crippen molar-refractivity contribution in [3.05, 3.63) is 54.1 Å². The van der Waals surface area contributed by atoms with Crippen LogP contribution in [0.3, 0.4) is 0 Å². The lowest BCUT2D eigenvalue weighted by Crippen LogP contribution is -2.44. The molecule has 2 fully saturated rings. The van der Waals surface area contributed by atoms with E-state index in [-0.39, 0.29) is 6.03 Å². The Morgan fingerprint density at radius 2 is 2.08 bits per heavy atom. The second kappa shape index (κ2) is 6.67. The zero-order valence-electron chi connectivity index (χ0n) is 13.8. The summed E-state index contributed by atoms with van der Waals surface area (Å²) in [6, 6.07) is 10.6. The molecule has 4 rings (SSSR count). The predicted octanol–water partition coefficient (Wildman–Crippen LogP) is 2.92. The highest BCUT2D eigenvalue weighted by Gasteiger charge is 2.40. The maximum absolute atomic E-state index is 12.2. The predicted molar refractivity (Wildman–Crippen MR) is 92.4 cm³/mol. The second-order valence-electron chi connectivity index (χ2n) is 7.07. The first-order chi connectivity index (χ1) is 11.8. The molecule has 5 heteroatoms. The lowest BCUT2D eigenvalue weighted by Gasteiger charge is -2.23. The molecule has 24 heavy (non-hydrogen) atoms. The number of imidazole rings is 1. The summed E-state index contributed by atoms with van der Waals surface area (Å²) < 4.78 is 2.08. The summed E-state index contributed by atoms with van der Waals surface area (Å²) in [7, 11) is 0. The summed E-state index contributed by atoms with van der Waals surface area (Å²) >= 11 is 0. The minimum absolute atomic E-state index is 0.0678. The molecule has 1 aromatic heterocycles. The molecular formula is C19H24N4O. The first kappa shape index (κ1) is 15.2. The average Bonchev–Trinajstić information content (AvgIpc) is 3.31. The maximum Gasteiger partial charge on any atom is 0.315 e. The van der Waals surface area contributed by atoms with Gasteiger partial charge in [-0.2, -0.15) is 0 Å². The highest BCUT2D eigenvalue weighted by molar-refractivity contribution is 5.74. The Morgan fingerprint density at radius 1 is 1.21 bits per heavy atom. The zero-order chi connectivity index (χ0) is 16.4. The third kappa shape index (κ3) is 3.30. The Balaban J connectivity index is 1.30. The number of fused-ring (bicyclic) bond motifs is 2. The quantitative estimate of drug-likeness (QED) is 0.888. The molecule has 5 nitrogen and oxygen atoms in total. The first-order valence-corrected chi connectivity index (χ1v) is 8.86. The lowest BCUT2D eigenvalue weighted by molar-refractivity contribution is 0.230. The number of hydrogen-bond acceptors (Lipinski definition) is 2. The standard InChI is InChI=1S/C19H24N4O/c24-19(22-17-11-15-6-7-16(17)10-15)21-12-18-20-8-9-23(18)13-14-4-2-1-3-5-14/h1-5,8-9,15-17H,6-7,10-13H2,(H2,21,22,24). The van der Waals surface area contributed by atoms with Crippen LogP contribution in [0.25, 0.3) is 0 Å². The normalized spacial score (nSPS) is 24.9. The molecule has 2 aliphatic rings. The van der Waals surface area contributed by atoms with E-state index >= 15 is 0 Å². The summed E-state index contributed by atoms with van der Waals surface area (Å²) in [5, 5.41) is 6.12. The van der Waals surface area contributed by atoms with E-state index in [1.54, 1.807) is 6.20 Å². The fourth-order valence-electron chi connectivity index (χ4n) is 4.23. The smallest absolute Gasteiger partial charge is 0.315 e. The van der Waals surface area contributed by atoms with Crippen LogP contribution in [0, 0.1) is 11.8 Å². The average molecular weight is 324 g/mol. The molecule has 0 radical (unpaired) electrons. The largest absolute Gasteiger partial charge is 0.335 e. The molecule has 2 bridgehead atoms. The summed E-state index contributed by atoms with van der Waals surface area (Å²) in [5.74, 6) is 2.41. The Bertz CT molecular complexity index is 696. The summed E-state index contributed by atoms with van der Waals surface area (Å²) in [6.45, 7) is 1.22. The fraction of sp³-hybridized carbons (Fsp3) is 0.474. The van der Waals surface area contributed by atoms with E-state index in [4.69, 9.17) is 0 Å². The number of urea groups is 1. The number of rotatable bonds is 5. The zero-order valence-corrected chi connectivity index (χ0v) is 13.8. The number of aromatic nitrogens is 2. The highest BCUT2D eigenvalue weighted by Crippen LogP contribution is 2.44. The topological polar surface area (TPSA) is 59.0 Å². The summed E-state index contributed by atoms with van der Waals surface area (Å²) in [5.41, 5.74) is 1.23. The molecule has 1 aromatic carbocycles. The minimum Gasteiger partial charge on any atom is -0.335 e. The second-order valence-corrected chi connectivity index (χ2v) is 7.07. The van der Waals surface area contributed by atoms with Gasteiger partial charge in [0.2, 0.25) is 0 Å². The number of carbonyl (C=O) groups excluding carboxylic acids is 1. The molecule has 1 heterocycles. The number of carbonyl (C=O) groups is 1. The van der Waals surface area contributed by atoms with Crippen molar-refractivity contribution in [1.82, 2.24) is 20.2 Å². The van der Waals surface area contributed by atoms with Gasteiger partial charge in [0, 0.05) is 25.0 Å². The van der Waals surface area contributed by atoms with Crippen LogP contribution < -0.4 is 10.6 Å². The fourth-order valence-corrected chi connectivity index (χ4v) is 4.23. The van der Waals surface area contributed by atoms with Crippen molar-refractivity contribution in [2.45, 2.75) is 44.8 Å². The van der Waals surface area contributed by atoms with Crippen molar-refractivity contribution in [2.75, 3.05) is 0 Å². The minimum atomic E-state index is -0.0678. The van der Waals surface area contributed by atoms with Crippen LogP contribution in [-0.2, 0) is 13.1 Å². The van der Waals surface area contributed by atoms with Crippen molar-refractivity contribution < 1.29 is 4.79 Å². The van der Waals surface area contributed by atoms with Crippen LogP contribution in [0.2, 0.25) is 0 Å². The van der Waals surface area contributed by atoms with E-state index in [2.05, 4.69) is 32.3 Å². The molecule has 2 aliphatic carbocycles. The monoisotopic (exact) mass is 324 g/mol. The molecule has 2 amide bonds. The Hall–Kier alpha value is -2.30. The Kier molecular flexibility index (Phi) is 4.24. The molecular weight excluding hydrogens is 300 g/mol. The number of nitrogens with zero attached hydrogens (tertiary/aromatic N) is 2. The van der Waals surface area contributed by atoms with Gasteiger partial charge in [-0.15, -0.1) is 0 Å². The molecule has 2 N–H and O–H groups in total. The van der Waals surface area contributed by atoms with Gasteiger partial charge in [-0.3, -0.25) is 0 Å². The van der Waals surface area contributed by atoms with Gasteiger partial charge in [-0.1, -0.05) is 36.8 Å². The van der Waals surface area contributed by atoms with Crippen LogP contribution >= 0.6 is 0 Å².